The summed E-state index contributed by atoms with van der Waals surface area (Å²) in [5, 5.41) is 9.08. The number of aromatic nitrogens is 1. The zero-order valence-electron chi connectivity index (χ0n) is 12.9. The van der Waals surface area contributed by atoms with E-state index in [-0.39, 0.29) is 11.3 Å². The van der Waals surface area contributed by atoms with Crippen LogP contribution in [0.2, 0.25) is 0 Å². The predicted octanol–water partition coefficient (Wildman–Crippen LogP) is 2.07. The maximum atomic E-state index is 12.5. The van der Waals surface area contributed by atoms with E-state index in [1.807, 2.05) is 26.8 Å². The van der Waals surface area contributed by atoms with Crippen LogP contribution in [0.15, 0.2) is 23.4 Å². The third-order valence-corrected chi connectivity index (χ3v) is 4.80. The number of carbonyl (C=O) groups is 1. The van der Waals surface area contributed by atoms with Crippen LogP contribution in [-0.2, 0) is 15.5 Å². The number of amides is 1. The summed E-state index contributed by atoms with van der Waals surface area (Å²) in [6.07, 6.45) is 1.72. The van der Waals surface area contributed by atoms with Crippen molar-refractivity contribution in [2.24, 2.45) is 0 Å². The van der Waals surface area contributed by atoms with Crippen LogP contribution in [0.1, 0.15) is 32.8 Å². The fraction of sp³-hybridized carbons (Fsp3) is 0.533. The van der Waals surface area contributed by atoms with E-state index in [0.717, 1.165) is 0 Å². The first-order valence-corrected chi connectivity index (χ1v) is 8.26. The van der Waals surface area contributed by atoms with Crippen molar-refractivity contribution >= 4 is 16.9 Å². The molecule has 0 aliphatic carbocycles. The molecule has 1 aromatic rings. The highest BCUT2D eigenvalue weighted by atomic mass is 32.2. The first-order valence-electron chi connectivity index (χ1n) is 7.05. The Hall–Kier alpha value is -1.94. The van der Waals surface area contributed by atoms with Crippen molar-refractivity contribution < 1.29 is 13.7 Å². The molecule has 7 heteroatoms. The van der Waals surface area contributed by atoms with Gasteiger partial charge in [-0.1, -0.05) is 0 Å². The fourth-order valence-corrected chi connectivity index (χ4v) is 3.54. The van der Waals surface area contributed by atoms with Gasteiger partial charge in [-0.25, -0.2) is 9.78 Å². The molecule has 22 heavy (non-hydrogen) atoms. The summed E-state index contributed by atoms with van der Waals surface area (Å²) in [7, 11) is -1.34. The van der Waals surface area contributed by atoms with Gasteiger partial charge in [0.1, 0.15) is 10.6 Å². The van der Waals surface area contributed by atoms with Crippen LogP contribution in [0.25, 0.3) is 0 Å². The van der Waals surface area contributed by atoms with E-state index >= 15 is 0 Å². The van der Waals surface area contributed by atoms with Crippen molar-refractivity contribution in [3.05, 3.63) is 23.9 Å². The molecule has 0 N–H and O–H groups in total. The van der Waals surface area contributed by atoms with Crippen LogP contribution in [0.5, 0.6) is 0 Å². The van der Waals surface area contributed by atoms with E-state index < -0.39 is 16.4 Å². The van der Waals surface area contributed by atoms with Gasteiger partial charge in [0, 0.05) is 19.3 Å². The van der Waals surface area contributed by atoms with Crippen LogP contribution in [-0.4, -0.2) is 44.1 Å². The molecule has 118 valence electrons. The van der Waals surface area contributed by atoms with Gasteiger partial charge in [-0.2, -0.15) is 5.26 Å². The number of ether oxygens (including phenoxy) is 1. The lowest BCUT2D eigenvalue weighted by atomic mass is 10.2. The SMILES string of the molecule is CC(C)(C)OC(=O)N1CC[C@@H](S(=O)c2cc(C#N)ccn2)C1. The molecule has 1 saturated heterocycles. The molecule has 2 atom stereocenters. The van der Waals surface area contributed by atoms with Crippen molar-refractivity contribution in [2.75, 3.05) is 13.1 Å². The van der Waals surface area contributed by atoms with Crippen molar-refractivity contribution in [1.82, 2.24) is 9.88 Å². The summed E-state index contributed by atoms with van der Waals surface area (Å²) in [5.41, 5.74) is -0.114. The molecule has 1 aliphatic rings. The Morgan fingerprint density at radius 2 is 2.27 bits per heavy atom. The molecular formula is C15H19N3O3S. The lowest BCUT2D eigenvalue weighted by Gasteiger charge is -2.24. The van der Waals surface area contributed by atoms with Crippen LogP contribution in [0, 0.1) is 11.3 Å². The Labute approximate surface area is 132 Å². The Morgan fingerprint density at radius 3 is 2.91 bits per heavy atom. The topological polar surface area (TPSA) is 83.3 Å². The Balaban J connectivity index is 2.02. The standard InChI is InChI=1S/C15H19N3O3S/c1-15(2,3)21-14(19)18-7-5-12(10-18)22(20)13-8-11(9-16)4-6-17-13/h4,6,8,12H,5,7,10H2,1-3H3/t12-,22?/m1/s1. The Kier molecular flexibility index (Phi) is 4.81. The fourth-order valence-electron chi connectivity index (χ4n) is 2.16. The predicted molar refractivity (Wildman–Crippen MR) is 81.6 cm³/mol. The van der Waals surface area contributed by atoms with Crippen LogP contribution < -0.4 is 0 Å². The van der Waals surface area contributed by atoms with Gasteiger partial charge in [0.05, 0.1) is 27.7 Å². The Morgan fingerprint density at radius 1 is 1.55 bits per heavy atom. The minimum Gasteiger partial charge on any atom is -0.444 e. The minimum absolute atomic E-state index is 0.186. The summed E-state index contributed by atoms with van der Waals surface area (Å²) >= 11 is 0. The van der Waals surface area contributed by atoms with E-state index in [2.05, 4.69) is 4.98 Å². The van der Waals surface area contributed by atoms with Gasteiger partial charge < -0.3 is 9.64 Å². The van der Waals surface area contributed by atoms with E-state index in [0.29, 0.717) is 30.1 Å². The number of nitriles is 1. The number of likely N-dealkylation sites (tertiary alicyclic amines) is 1. The monoisotopic (exact) mass is 321 g/mol. The number of pyridine rings is 1. The van der Waals surface area contributed by atoms with E-state index in [4.69, 9.17) is 10.00 Å². The maximum absolute atomic E-state index is 12.5. The first-order chi connectivity index (χ1) is 10.3. The number of carbonyl (C=O) groups excluding carboxylic acids is 1. The van der Waals surface area contributed by atoms with Crippen LogP contribution in [0.4, 0.5) is 4.79 Å². The lowest BCUT2D eigenvalue weighted by molar-refractivity contribution is 0.0295. The first kappa shape index (κ1) is 16.4. The van der Waals surface area contributed by atoms with Crippen molar-refractivity contribution in [3.63, 3.8) is 0 Å². The molecule has 1 unspecified atom stereocenters. The molecular weight excluding hydrogens is 302 g/mol. The third kappa shape index (κ3) is 4.04. The molecule has 1 aliphatic heterocycles. The smallest absolute Gasteiger partial charge is 0.410 e. The number of nitrogens with zero attached hydrogens (tertiary/aromatic N) is 3. The van der Waals surface area contributed by atoms with E-state index in [1.54, 1.807) is 11.0 Å². The second kappa shape index (κ2) is 6.44. The largest absolute Gasteiger partial charge is 0.444 e. The average molecular weight is 321 g/mol. The van der Waals surface area contributed by atoms with Gasteiger partial charge in [0.15, 0.2) is 0 Å². The second-order valence-electron chi connectivity index (χ2n) is 6.13. The van der Waals surface area contributed by atoms with E-state index in [9.17, 15) is 9.00 Å². The molecule has 1 fully saturated rings. The lowest BCUT2D eigenvalue weighted by Crippen LogP contribution is -2.36. The number of rotatable bonds is 2. The van der Waals surface area contributed by atoms with Gasteiger partial charge in [0.25, 0.3) is 0 Å². The zero-order valence-corrected chi connectivity index (χ0v) is 13.7. The summed E-state index contributed by atoms with van der Waals surface area (Å²) in [5.74, 6) is 0. The van der Waals surface area contributed by atoms with Crippen molar-refractivity contribution in [3.8, 4) is 6.07 Å². The molecule has 0 aromatic carbocycles. The summed E-state index contributed by atoms with van der Waals surface area (Å²) in [4.78, 5) is 17.7. The molecule has 6 nitrogen and oxygen atoms in total. The molecule has 0 radical (unpaired) electrons. The normalized spacial score (nSPS) is 19.5. The molecule has 1 amide bonds. The van der Waals surface area contributed by atoms with Crippen LogP contribution >= 0.6 is 0 Å². The highest BCUT2D eigenvalue weighted by Crippen LogP contribution is 2.21. The van der Waals surface area contributed by atoms with Gasteiger partial charge in [-0.05, 0) is 39.3 Å². The van der Waals surface area contributed by atoms with Crippen molar-refractivity contribution in [1.29, 1.82) is 5.26 Å². The number of hydrogen-bond acceptors (Lipinski definition) is 5. The third-order valence-electron chi connectivity index (χ3n) is 3.17. The highest BCUT2D eigenvalue weighted by Gasteiger charge is 2.33. The highest BCUT2D eigenvalue weighted by molar-refractivity contribution is 7.85. The molecule has 1 aromatic heterocycles. The van der Waals surface area contributed by atoms with Crippen molar-refractivity contribution in [2.45, 2.75) is 43.1 Å². The second-order valence-corrected chi connectivity index (χ2v) is 7.81. The summed E-state index contributed by atoms with van der Waals surface area (Å²) in [6.45, 7) is 6.33. The molecule has 0 bridgehead atoms. The summed E-state index contributed by atoms with van der Waals surface area (Å²) in [6, 6.07) is 5.11. The van der Waals surface area contributed by atoms with Gasteiger partial charge in [0.2, 0.25) is 0 Å². The quantitative estimate of drug-likeness (QED) is 0.832. The van der Waals surface area contributed by atoms with Gasteiger partial charge in [-0.3, -0.25) is 4.21 Å². The zero-order chi connectivity index (χ0) is 16.3. The molecule has 2 rings (SSSR count). The minimum atomic E-state index is -1.34. The molecule has 0 spiro atoms. The molecule has 2 heterocycles. The Bertz CT molecular complexity index is 634. The maximum Gasteiger partial charge on any atom is 0.410 e. The molecule has 0 saturated carbocycles. The van der Waals surface area contributed by atoms with Gasteiger partial charge >= 0.3 is 6.09 Å². The van der Waals surface area contributed by atoms with Gasteiger partial charge in [-0.15, -0.1) is 0 Å². The average Bonchev–Trinajstić information content (AvgIpc) is 2.94. The summed E-state index contributed by atoms with van der Waals surface area (Å²) < 4.78 is 17.9. The number of hydrogen-bond donors (Lipinski definition) is 0. The van der Waals surface area contributed by atoms with E-state index in [1.165, 1.54) is 12.3 Å². The van der Waals surface area contributed by atoms with Crippen LogP contribution in [0.3, 0.4) is 0 Å².